The maximum Gasteiger partial charge on any atom is 0.472 e. The number of nitrogens with two attached hydrogens (primary N) is 1. The number of methoxy groups -OCH3 is 1. The van der Waals surface area contributed by atoms with Gasteiger partial charge >= 0.3 is 20.2 Å². The van der Waals surface area contributed by atoms with E-state index in [0.717, 1.165) is 27.5 Å². The largest absolute Gasteiger partial charge is 0.472 e. The molecule has 2 fully saturated rings. The van der Waals surface area contributed by atoms with Gasteiger partial charge < -0.3 is 39.9 Å². The highest BCUT2D eigenvalue weighted by atomic mass is 32.7. The molecule has 0 radical (unpaired) electrons. The smallest absolute Gasteiger partial charge is 0.387 e. The summed E-state index contributed by atoms with van der Waals surface area (Å²) in [6, 6.07) is 1.00. The molecule has 25 heteroatoms. The molecule has 6 rings (SSSR count). The summed E-state index contributed by atoms with van der Waals surface area (Å²) in [5.74, 6) is -0.183. The summed E-state index contributed by atoms with van der Waals surface area (Å²) in [7, 11) is -3.80. The van der Waals surface area contributed by atoms with Crippen LogP contribution in [0.3, 0.4) is 0 Å². The minimum absolute atomic E-state index is 0.0783. The monoisotopic (exact) mass is 733 g/mol. The van der Waals surface area contributed by atoms with Crippen LogP contribution in [0.25, 0.3) is 11.2 Å². The quantitative estimate of drug-likeness (QED) is 0.0909. The average molecular weight is 734 g/mol. The third-order valence-electron chi connectivity index (χ3n) is 7.53. The van der Waals surface area contributed by atoms with Gasteiger partial charge in [0.25, 0.3) is 5.56 Å². The van der Waals surface area contributed by atoms with Gasteiger partial charge in [-0.25, -0.2) is 29.3 Å². The van der Waals surface area contributed by atoms with Crippen molar-refractivity contribution in [2.24, 2.45) is 0 Å². The number of H-pyrrole nitrogens is 1. The number of ether oxygens (including phenoxy) is 3. The number of phosphoric acid groups is 1. The molecular weight excluding hydrogens is 704 g/mol. The normalized spacial score (nSPS) is 30.0. The van der Waals surface area contributed by atoms with E-state index in [1.807, 2.05) is 4.98 Å². The van der Waals surface area contributed by atoms with Crippen LogP contribution in [-0.4, -0.2) is 114 Å². The van der Waals surface area contributed by atoms with Crippen LogP contribution in [-0.2, 0) is 32.4 Å². The minimum atomic E-state index is -5.08. The molecule has 2 aliphatic rings. The highest BCUT2D eigenvalue weighted by molar-refractivity contribution is 8.55. The second-order valence-electron chi connectivity index (χ2n) is 10.5. The number of phosphoric ester groups is 1. The third-order valence-corrected chi connectivity index (χ3v) is 12.2. The fourth-order valence-electron chi connectivity index (χ4n) is 5.22. The molecule has 0 aromatic carbocycles. The number of nitrogens with one attached hydrogen (secondary N) is 1. The van der Waals surface area contributed by atoms with Crippen LogP contribution in [0.15, 0.2) is 53.2 Å². The maximum absolute atomic E-state index is 13.3. The van der Waals surface area contributed by atoms with E-state index in [4.69, 9.17) is 29.0 Å². The first-order valence-corrected chi connectivity index (χ1v) is 18.6. The Bertz CT molecular complexity index is 1980. The minimum Gasteiger partial charge on any atom is -0.387 e. The van der Waals surface area contributed by atoms with E-state index in [9.17, 15) is 38.7 Å². The molecule has 2 aliphatic heterocycles. The molecule has 22 nitrogen and oxygen atoms in total. The predicted octanol–water partition coefficient (Wildman–Crippen LogP) is -1.43. The lowest BCUT2D eigenvalue weighted by atomic mass is 10.1. The number of aromatic nitrogens is 8. The number of nitrogen functional groups attached to an aromatic ring is 1. The van der Waals surface area contributed by atoms with E-state index in [1.165, 1.54) is 36.7 Å². The Morgan fingerprint density at radius 3 is 2.50 bits per heavy atom. The first-order valence-electron chi connectivity index (χ1n) is 13.9. The van der Waals surface area contributed by atoms with Crippen molar-refractivity contribution in [3.63, 3.8) is 0 Å². The summed E-state index contributed by atoms with van der Waals surface area (Å²) in [6.45, 7) is -4.90. The first kappa shape index (κ1) is 34.5. The standard InChI is InChI=1S/C23H29N9O13P2S/c1-41-18-17(45-47(39,40)42-6-11-15(34)16(35)21(43-11)31-4-2-13(33)29-23(31)36)12(7-48-46(37,38)30-5-3-25-9-30)44-22(18)32-10-28-14-19(24)26-8-27-20(14)32/h2-5,8-12,15-18,21-22,34-35H,6-7H2,1H3,(H,37,38)(H,39,40)(H2,24,26,27)(H,29,33,36)/t11-,12-,15-,16-,17-,18-,21-,22-/m1/s1. The zero-order chi connectivity index (χ0) is 34.4. The lowest BCUT2D eigenvalue weighted by Gasteiger charge is -2.26. The highest BCUT2D eigenvalue weighted by Gasteiger charge is 2.52. The molecule has 0 aliphatic carbocycles. The van der Waals surface area contributed by atoms with Gasteiger partial charge in [-0.05, 0) is 11.4 Å². The van der Waals surface area contributed by atoms with Crippen LogP contribution in [0.2, 0.25) is 0 Å². The molecule has 0 bridgehead atoms. The second kappa shape index (κ2) is 13.5. The van der Waals surface area contributed by atoms with Gasteiger partial charge in [-0.3, -0.25) is 36.9 Å². The molecule has 48 heavy (non-hydrogen) atoms. The van der Waals surface area contributed by atoms with Gasteiger partial charge in [-0.2, -0.15) is 0 Å². The SMILES string of the molecule is CO[C@@H]1[C@H](OP(=O)(O)OC[C@H]2O[C@@H](n3ccc(=O)[nH]c3=O)[C@H](O)[C@@H]2O)[C@@H](CSP(=O)(O)n2ccnc2)O[C@H]1n1cnc2c(N)ncnc21. The van der Waals surface area contributed by atoms with Crippen molar-refractivity contribution in [2.75, 3.05) is 25.2 Å². The zero-order valence-corrected chi connectivity index (χ0v) is 27.2. The van der Waals surface area contributed by atoms with E-state index < -0.39 is 81.5 Å². The zero-order valence-electron chi connectivity index (χ0n) is 24.5. The fraction of sp³-hybridized carbons (Fsp3) is 0.478. The Labute approximate surface area is 272 Å². The number of hydrogen-bond acceptors (Lipinski definition) is 17. The Morgan fingerprint density at radius 2 is 1.79 bits per heavy atom. The van der Waals surface area contributed by atoms with E-state index in [1.54, 1.807) is 0 Å². The molecule has 2 unspecified atom stereocenters. The van der Waals surface area contributed by atoms with Crippen molar-refractivity contribution < 1.29 is 52.4 Å². The molecule has 0 spiro atoms. The van der Waals surface area contributed by atoms with Crippen LogP contribution >= 0.6 is 25.9 Å². The molecule has 7 N–H and O–H groups in total. The van der Waals surface area contributed by atoms with Crippen molar-refractivity contribution in [1.29, 1.82) is 0 Å². The molecule has 260 valence electrons. The van der Waals surface area contributed by atoms with Crippen LogP contribution in [0, 0.1) is 0 Å². The molecule has 6 heterocycles. The summed E-state index contributed by atoms with van der Waals surface area (Å²) in [4.78, 5) is 63.1. The number of nitrogens with zero attached hydrogens (tertiary/aromatic N) is 7. The van der Waals surface area contributed by atoms with Gasteiger partial charge in [0.15, 0.2) is 23.9 Å². The number of aliphatic hydroxyl groups is 2. The van der Waals surface area contributed by atoms with E-state index in [-0.39, 0.29) is 22.7 Å². The van der Waals surface area contributed by atoms with Gasteiger partial charge in [-0.1, -0.05) is 0 Å². The summed E-state index contributed by atoms with van der Waals surface area (Å²) < 4.78 is 57.6. The predicted molar refractivity (Wildman–Crippen MR) is 162 cm³/mol. The number of anilines is 1. The number of aromatic amines is 1. The van der Waals surface area contributed by atoms with Crippen molar-refractivity contribution >= 4 is 42.9 Å². The molecule has 0 amide bonds. The number of rotatable bonds is 12. The Balaban J connectivity index is 1.21. The Morgan fingerprint density at radius 1 is 1.02 bits per heavy atom. The molecule has 10 atom stereocenters. The molecule has 4 aromatic heterocycles. The maximum atomic E-state index is 13.3. The third kappa shape index (κ3) is 6.77. The first-order chi connectivity index (χ1) is 22.8. The van der Waals surface area contributed by atoms with Crippen molar-refractivity contribution in [1.82, 2.24) is 38.4 Å². The lowest BCUT2D eigenvalue weighted by Crippen LogP contribution is -2.38. The van der Waals surface area contributed by atoms with Gasteiger partial charge in [0.2, 0.25) is 0 Å². The van der Waals surface area contributed by atoms with Gasteiger partial charge in [0.1, 0.15) is 48.7 Å². The lowest BCUT2D eigenvalue weighted by molar-refractivity contribution is -0.0606. The number of hydrogen-bond donors (Lipinski definition) is 6. The van der Waals surface area contributed by atoms with Crippen molar-refractivity contribution in [3.8, 4) is 0 Å². The van der Waals surface area contributed by atoms with Gasteiger partial charge in [0.05, 0.1) is 19.0 Å². The summed E-state index contributed by atoms with van der Waals surface area (Å²) in [6.07, 6.45) is -3.77. The van der Waals surface area contributed by atoms with Crippen LogP contribution in [0.5, 0.6) is 0 Å². The molecule has 2 saturated heterocycles. The fourth-order valence-corrected chi connectivity index (χ4v) is 9.05. The highest BCUT2D eigenvalue weighted by Crippen LogP contribution is 2.57. The topological polar surface area (TPSA) is 304 Å². The molecule has 4 aromatic rings. The van der Waals surface area contributed by atoms with E-state index in [0.29, 0.717) is 11.4 Å². The summed E-state index contributed by atoms with van der Waals surface area (Å²) in [5.41, 5.74) is 4.76. The Kier molecular flexibility index (Phi) is 9.74. The van der Waals surface area contributed by atoms with Crippen LogP contribution in [0.4, 0.5) is 5.82 Å². The number of imidazole rings is 2. The van der Waals surface area contributed by atoms with Gasteiger partial charge in [-0.15, -0.1) is 0 Å². The second-order valence-corrected chi connectivity index (χ2v) is 16.1. The Hall–Kier alpha value is -3.31. The van der Waals surface area contributed by atoms with Crippen LogP contribution < -0.4 is 17.0 Å². The number of fused-ring (bicyclic) bond motifs is 1. The van der Waals surface area contributed by atoms with Crippen LogP contribution in [0.1, 0.15) is 12.5 Å². The van der Waals surface area contributed by atoms with E-state index >= 15 is 0 Å². The summed E-state index contributed by atoms with van der Waals surface area (Å²) >= 11 is 0.576. The summed E-state index contributed by atoms with van der Waals surface area (Å²) in [5, 5.41) is 21.0. The van der Waals surface area contributed by atoms with Crippen molar-refractivity contribution in [3.05, 3.63) is 64.5 Å². The number of aliphatic hydroxyl groups excluding tert-OH is 2. The van der Waals surface area contributed by atoms with Gasteiger partial charge in [0, 0.05) is 37.5 Å². The average Bonchev–Trinajstić information content (AvgIpc) is 3.83. The van der Waals surface area contributed by atoms with E-state index in [2.05, 4.69) is 19.9 Å². The van der Waals surface area contributed by atoms with Crippen molar-refractivity contribution in [2.45, 2.75) is 49.1 Å². The molecule has 0 saturated carbocycles. The molecular formula is C23H29N9O13P2S.